The van der Waals surface area contributed by atoms with Gasteiger partial charge in [-0.05, 0) is 44.6 Å². The fraction of sp³-hybridized carbons (Fsp3) is 1.00. The fourth-order valence-electron chi connectivity index (χ4n) is 2.31. The molecule has 0 aromatic heterocycles. The Balaban J connectivity index is 1.59. The highest BCUT2D eigenvalue weighted by Gasteiger charge is 2.27. The molecule has 1 unspecified atom stereocenters. The highest BCUT2D eigenvalue weighted by Crippen LogP contribution is 2.26. The van der Waals surface area contributed by atoms with Crippen LogP contribution in [0.1, 0.15) is 32.1 Å². The predicted octanol–water partition coefficient (Wildman–Crippen LogP) is 0.916. The zero-order valence-corrected chi connectivity index (χ0v) is 8.74. The van der Waals surface area contributed by atoms with E-state index >= 15 is 0 Å². The number of ether oxygens (including phenoxy) is 1. The first kappa shape index (κ1) is 10.4. The molecule has 0 aromatic rings. The van der Waals surface area contributed by atoms with Crippen LogP contribution in [-0.2, 0) is 4.74 Å². The molecule has 0 spiro atoms. The first-order valence-electron chi connectivity index (χ1n) is 5.84. The van der Waals surface area contributed by atoms with Gasteiger partial charge in [-0.1, -0.05) is 0 Å². The number of rotatable bonds is 3. The lowest BCUT2D eigenvalue weighted by Crippen LogP contribution is -2.40. The predicted molar refractivity (Wildman–Crippen MR) is 55.2 cm³/mol. The minimum atomic E-state index is -0.0146. The SMILES string of the molecule is OC1CC(CNC2CCCOCC2)C1. The Kier molecular flexibility index (Phi) is 3.79. The van der Waals surface area contributed by atoms with Crippen LogP contribution >= 0.6 is 0 Å². The summed E-state index contributed by atoms with van der Waals surface area (Å²) in [4.78, 5) is 0. The standard InChI is InChI=1S/C11H21NO2/c13-11-6-9(7-11)8-12-10-2-1-4-14-5-3-10/h9-13H,1-8H2. The molecule has 0 aromatic carbocycles. The van der Waals surface area contributed by atoms with E-state index in [0.29, 0.717) is 12.0 Å². The second-order valence-corrected chi connectivity index (χ2v) is 4.64. The second-order valence-electron chi connectivity index (χ2n) is 4.64. The minimum Gasteiger partial charge on any atom is -0.393 e. The van der Waals surface area contributed by atoms with Crippen LogP contribution in [0.3, 0.4) is 0 Å². The van der Waals surface area contributed by atoms with Gasteiger partial charge < -0.3 is 15.2 Å². The second kappa shape index (κ2) is 5.10. The lowest BCUT2D eigenvalue weighted by atomic mass is 9.82. The Hall–Kier alpha value is -0.120. The molecule has 2 aliphatic rings. The summed E-state index contributed by atoms with van der Waals surface area (Å²) >= 11 is 0. The average molecular weight is 199 g/mol. The van der Waals surface area contributed by atoms with Crippen LogP contribution in [0.25, 0.3) is 0 Å². The molecule has 0 bridgehead atoms. The molecule has 3 nitrogen and oxygen atoms in total. The van der Waals surface area contributed by atoms with Crippen LogP contribution in [0.2, 0.25) is 0 Å². The van der Waals surface area contributed by atoms with Crippen molar-refractivity contribution in [1.29, 1.82) is 0 Å². The van der Waals surface area contributed by atoms with E-state index in [0.717, 1.165) is 39.0 Å². The van der Waals surface area contributed by atoms with Crippen LogP contribution in [0.15, 0.2) is 0 Å². The van der Waals surface area contributed by atoms with E-state index in [1.54, 1.807) is 0 Å². The summed E-state index contributed by atoms with van der Waals surface area (Å²) in [6.07, 6.45) is 5.56. The summed E-state index contributed by atoms with van der Waals surface area (Å²) in [5, 5.41) is 12.7. The fourth-order valence-corrected chi connectivity index (χ4v) is 2.31. The molecule has 2 fully saturated rings. The molecule has 2 N–H and O–H groups in total. The number of nitrogens with one attached hydrogen (secondary N) is 1. The van der Waals surface area contributed by atoms with Crippen molar-refractivity contribution >= 4 is 0 Å². The summed E-state index contributed by atoms with van der Waals surface area (Å²) in [6.45, 7) is 2.92. The van der Waals surface area contributed by atoms with Gasteiger partial charge in [0.15, 0.2) is 0 Å². The summed E-state index contributed by atoms with van der Waals surface area (Å²) in [5.74, 6) is 0.717. The van der Waals surface area contributed by atoms with Gasteiger partial charge in [0.25, 0.3) is 0 Å². The average Bonchev–Trinajstić information content (AvgIpc) is 2.38. The quantitative estimate of drug-likeness (QED) is 0.710. The molecular weight excluding hydrogens is 178 g/mol. The van der Waals surface area contributed by atoms with Crippen molar-refractivity contribution in [2.45, 2.75) is 44.2 Å². The minimum absolute atomic E-state index is 0.0146. The topological polar surface area (TPSA) is 41.5 Å². The van der Waals surface area contributed by atoms with Crippen molar-refractivity contribution in [2.24, 2.45) is 5.92 Å². The van der Waals surface area contributed by atoms with Gasteiger partial charge in [-0.15, -0.1) is 0 Å². The van der Waals surface area contributed by atoms with Crippen molar-refractivity contribution in [3.8, 4) is 0 Å². The number of hydrogen-bond donors (Lipinski definition) is 2. The number of aliphatic hydroxyl groups excluding tert-OH is 1. The van der Waals surface area contributed by atoms with Crippen LogP contribution in [-0.4, -0.2) is 37.0 Å². The maximum absolute atomic E-state index is 9.15. The molecule has 1 saturated heterocycles. The van der Waals surface area contributed by atoms with Crippen molar-refractivity contribution in [1.82, 2.24) is 5.32 Å². The van der Waals surface area contributed by atoms with Gasteiger partial charge in [0.1, 0.15) is 0 Å². The zero-order valence-electron chi connectivity index (χ0n) is 8.74. The third-order valence-corrected chi connectivity index (χ3v) is 3.36. The van der Waals surface area contributed by atoms with Gasteiger partial charge in [0.05, 0.1) is 6.10 Å². The maximum Gasteiger partial charge on any atom is 0.0546 e. The van der Waals surface area contributed by atoms with E-state index in [1.165, 1.54) is 12.8 Å². The lowest BCUT2D eigenvalue weighted by Gasteiger charge is -2.32. The van der Waals surface area contributed by atoms with Gasteiger partial charge in [-0.25, -0.2) is 0 Å². The number of hydrogen-bond acceptors (Lipinski definition) is 3. The van der Waals surface area contributed by atoms with Crippen molar-refractivity contribution in [2.75, 3.05) is 19.8 Å². The first-order valence-corrected chi connectivity index (χ1v) is 5.84. The summed E-state index contributed by atoms with van der Waals surface area (Å²) < 4.78 is 5.41. The Bertz CT molecular complexity index is 161. The van der Waals surface area contributed by atoms with Crippen molar-refractivity contribution in [3.63, 3.8) is 0 Å². The molecule has 82 valence electrons. The lowest BCUT2D eigenvalue weighted by molar-refractivity contribution is 0.0414. The Morgan fingerprint density at radius 3 is 2.86 bits per heavy atom. The Morgan fingerprint density at radius 2 is 2.07 bits per heavy atom. The zero-order chi connectivity index (χ0) is 9.80. The summed E-state index contributed by atoms with van der Waals surface area (Å²) in [5.41, 5.74) is 0. The molecular formula is C11H21NO2. The van der Waals surface area contributed by atoms with E-state index in [2.05, 4.69) is 5.32 Å². The van der Waals surface area contributed by atoms with Gasteiger partial charge in [-0.2, -0.15) is 0 Å². The van der Waals surface area contributed by atoms with Crippen molar-refractivity contribution < 1.29 is 9.84 Å². The third kappa shape index (κ3) is 2.94. The summed E-state index contributed by atoms with van der Waals surface area (Å²) in [7, 11) is 0. The molecule has 2 rings (SSSR count). The van der Waals surface area contributed by atoms with Gasteiger partial charge in [0, 0.05) is 19.3 Å². The molecule has 1 heterocycles. The maximum atomic E-state index is 9.15. The molecule has 0 radical (unpaired) electrons. The molecule has 3 heteroatoms. The molecule has 1 atom stereocenters. The van der Waals surface area contributed by atoms with E-state index in [-0.39, 0.29) is 6.10 Å². The van der Waals surface area contributed by atoms with Crippen LogP contribution < -0.4 is 5.32 Å². The van der Waals surface area contributed by atoms with Gasteiger partial charge in [0.2, 0.25) is 0 Å². The molecule has 0 amide bonds. The summed E-state index contributed by atoms with van der Waals surface area (Å²) in [6, 6.07) is 0.648. The van der Waals surface area contributed by atoms with Crippen LogP contribution in [0.5, 0.6) is 0 Å². The molecule has 14 heavy (non-hydrogen) atoms. The number of aliphatic hydroxyl groups is 1. The monoisotopic (exact) mass is 199 g/mol. The van der Waals surface area contributed by atoms with Crippen molar-refractivity contribution in [3.05, 3.63) is 0 Å². The highest BCUT2D eigenvalue weighted by molar-refractivity contribution is 4.81. The van der Waals surface area contributed by atoms with E-state index in [1.807, 2.05) is 0 Å². The normalized spacial score (nSPS) is 38.8. The van der Waals surface area contributed by atoms with Crippen LogP contribution in [0, 0.1) is 5.92 Å². The molecule has 1 aliphatic carbocycles. The first-order chi connectivity index (χ1) is 6.84. The largest absolute Gasteiger partial charge is 0.393 e. The van der Waals surface area contributed by atoms with E-state index in [4.69, 9.17) is 9.84 Å². The van der Waals surface area contributed by atoms with Gasteiger partial charge in [-0.3, -0.25) is 0 Å². The van der Waals surface area contributed by atoms with E-state index < -0.39 is 0 Å². The highest BCUT2D eigenvalue weighted by atomic mass is 16.5. The third-order valence-electron chi connectivity index (χ3n) is 3.36. The smallest absolute Gasteiger partial charge is 0.0546 e. The Labute approximate surface area is 85.8 Å². The Morgan fingerprint density at radius 1 is 1.21 bits per heavy atom. The molecule has 1 aliphatic heterocycles. The van der Waals surface area contributed by atoms with Gasteiger partial charge >= 0.3 is 0 Å². The molecule has 1 saturated carbocycles. The van der Waals surface area contributed by atoms with E-state index in [9.17, 15) is 0 Å². The van der Waals surface area contributed by atoms with Crippen LogP contribution in [0.4, 0.5) is 0 Å².